The van der Waals surface area contributed by atoms with E-state index >= 15 is 0 Å². The van der Waals surface area contributed by atoms with Crippen LogP contribution >= 0.6 is 0 Å². The van der Waals surface area contributed by atoms with E-state index in [1.54, 1.807) is 0 Å². The molecule has 0 aromatic heterocycles. The SMILES string of the molecule is NCC1CN(C2CCCCCC2)C(=O)O1. The minimum atomic E-state index is -0.155. The molecule has 0 bridgehead atoms. The number of carbonyl (C=O) groups is 1. The van der Waals surface area contributed by atoms with Crippen LogP contribution < -0.4 is 5.73 Å². The number of ether oxygens (including phenoxy) is 1. The zero-order valence-corrected chi connectivity index (χ0v) is 9.15. The van der Waals surface area contributed by atoms with Gasteiger partial charge in [-0.05, 0) is 12.8 Å². The number of hydrogen-bond acceptors (Lipinski definition) is 3. The van der Waals surface area contributed by atoms with Crippen LogP contribution in [-0.4, -0.2) is 36.2 Å². The number of hydrogen-bond donors (Lipinski definition) is 1. The summed E-state index contributed by atoms with van der Waals surface area (Å²) in [6, 6.07) is 0.400. The van der Waals surface area contributed by atoms with Gasteiger partial charge in [0, 0.05) is 12.6 Å². The van der Waals surface area contributed by atoms with E-state index in [1.165, 1.54) is 25.7 Å². The van der Waals surface area contributed by atoms with E-state index in [0.29, 0.717) is 19.1 Å². The van der Waals surface area contributed by atoms with Gasteiger partial charge in [0.1, 0.15) is 6.10 Å². The maximum Gasteiger partial charge on any atom is 0.410 e. The average Bonchev–Trinajstić information content (AvgIpc) is 2.48. The molecule has 1 amide bonds. The van der Waals surface area contributed by atoms with Gasteiger partial charge in [0.25, 0.3) is 0 Å². The largest absolute Gasteiger partial charge is 0.443 e. The van der Waals surface area contributed by atoms with Crippen molar-refractivity contribution < 1.29 is 9.53 Å². The highest BCUT2D eigenvalue weighted by Gasteiger charge is 2.35. The molecule has 1 saturated heterocycles. The van der Waals surface area contributed by atoms with Crippen molar-refractivity contribution >= 4 is 6.09 Å². The summed E-state index contributed by atoms with van der Waals surface area (Å²) in [6.07, 6.45) is 7.11. The minimum Gasteiger partial charge on any atom is -0.443 e. The van der Waals surface area contributed by atoms with Gasteiger partial charge in [-0.25, -0.2) is 4.79 Å². The second-order valence-electron chi connectivity index (χ2n) is 4.54. The molecule has 4 nitrogen and oxygen atoms in total. The van der Waals surface area contributed by atoms with E-state index in [9.17, 15) is 4.79 Å². The van der Waals surface area contributed by atoms with Crippen LogP contribution in [0, 0.1) is 0 Å². The Morgan fingerprint density at radius 1 is 1.27 bits per heavy atom. The molecule has 0 aromatic carbocycles. The fourth-order valence-electron chi connectivity index (χ4n) is 2.53. The lowest BCUT2D eigenvalue weighted by atomic mass is 10.1. The van der Waals surface area contributed by atoms with Gasteiger partial charge in [0.15, 0.2) is 0 Å². The van der Waals surface area contributed by atoms with Crippen molar-refractivity contribution in [3.63, 3.8) is 0 Å². The van der Waals surface area contributed by atoms with Gasteiger partial charge in [0.05, 0.1) is 6.54 Å². The third-order valence-electron chi connectivity index (χ3n) is 3.43. The van der Waals surface area contributed by atoms with Crippen LogP contribution in [-0.2, 0) is 4.74 Å². The van der Waals surface area contributed by atoms with E-state index < -0.39 is 0 Å². The first-order valence-electron chi connectivity index (χ1n) is 5.98. The van der Waals surface area contributed by atoms with Crippen molar-refractivity contribution in [2.24, 2.45) is 5.73 Å². The highest BCUT2D eigenvalue weighted by Crippen LogP contribution is 2.25. The molecule has 1 heterocycles. The first kappa shape index (κ1) is 10.7. The number of cyclic esters (lactones) is 1. The Kier molecular flexibility index (Phi) is 3.46. The molecule has 2 N–H and O–H groups in total. The van der Waals surface area contributed by atoms with Gasteiger partial charge in [-0.15, -0.1) is 0 Å². The molecular weight excluding hydrogens is 192 g/mol. The molecule has 0 radical (unpaired) electrons. The van der Waals surface area contributed by atoms with Crippen LogP contribution in [0.3, 0.4) is 0 Å². The van der Waals surface area contributed by atoms with Crippen LogP contribution in [0.1, 0.15) is 38.5 Å². The fourth-order valence-corrected chi connectivity index (χ4v) is 2.53. The predicted molar refractivity (Wildman–Crippen MR) is 57.5 cm³/mol. The predicted octanol–water partition coefficient (Wildman–Crippen LogP) is 1.49. The Morgan fingerprint density at radius 3 is 2.47 bits per heavy atom. The lowest BCUT2D eigenvalue weighted by Gasteiger charge is -2.24. The van der Waals surface area contributed by atoms with Crippen molar-refractivity contribution in [3.8, 4) is 0 Å². The Hall–Kier alpha value is -0.770. The molecule has 1 atom stereocenters. The summed E-state index contributed by atoms with van der Waals surface area (Å²) in [7, 11) is 0. The lowest BCUT2D eigenvalue weighted by Crippen LogP contribution is -2.36. The number of rotatable bonds is 2. The molecule has 0 aromatic rings. The molecule has 1 saturated carbocycles. The molecule has 2 rings (SSSR count). The maximum absolute atomic E-state index is 11.6. The summed E-state index contributed by atoms with van der Waals surface area (Å²) in [4.78, 5) is 13.5. The van der Waals surface area contributed by atoms with Crippen LogP contribution in [0.2, 0.25) is 0 Å². The Morgan fingerprint density at radius 2 is 1.93 bits per heavy atom. The van der Waals surface area contributed by atoms with Crippen molar-refractivity contribution in [3.05, 3.63) is 0 Å². The summed E-state index contributed by atoms with van der Waals surface area (Å²) >= 11 is 0. The highest BCUT2D eigenvalue weighted by atomic mass is 16.6. The third-order valence-corrected chi connectivity index (χ3v) is 3.43. The molecular formula is C11H20N2O2. The molecule has 1 aliphatic carbocycles. The molecule has 4 heteroatoms. The minimum absolute atomic E-state index is 0.0826. The summed E-state index contributed by atoms with van der Waals surface area (Å²) in [5, 5.41) is 0. The van der Waals surface area contributed by atoms with Crippen LogP contribution in [0.5, 0.6) is 0 Å². The van der Waals surface area contributed by atoms with Crippen molar-refractivity contribution in [1.29, 1.82) is 0 Å². The first-order chi connectivity index (χ1) is 7.31. The molecule has 2 fully saturated rings. The van der Waals surface area contributed by atoms with Gasteiger partial charge in [-0.2, -0.15) is 0 Å². The summed E-state index contributed by atoms with van der Waals surface area (Å²) < 4.78 is 5.18. The summed E-state index contributed by atoms with van der Waals surface area (Å²) in [5.41, 5.74) is 5.51. The van der Waals surface area contributed by atoms with E-state index in [2.05, 4.69) is 0 Å². The zero-order chi connectivity index (χ0) is 10.7. The maximum atomic E-state index is 11.6. The van der Waals surface area contributed by atoms with Crippen molar-refractivity contribution in [2.75, 3.05) is 13.1 Å². The molecule has 1 unspecified atom stereocenters. The average molecular weight is 212 g/mol. The molecule has 2 aliphatic rings. The summed E-state index contributed by atoms with van der Waals surface area (Å²) in [6.45, 7) is 1.13. The Bertz CT molecular complexity index is 225. The van der Waals surface area contributed by atoms with E-state index in [-0.39, 0.29) is 12.2 Å². The first-order valence-corrected chi connectivity index (χ1v) is 5.98. The summed E-state index contributed by atoms with van der Waals surface area (Å²) in [5.74, 6) is 0. The van der Waals surface area contributed by atoms with Crippen LogP contribution in [0.15, 0.2) is 0 Å². The van der Waals surface area contributed by atoms with Gasteiger partial charge in [-0.3, -0.25) is 0 Å². The standard InChI is InChI=1S/C11H20N2O2/c12-7-10-8-13(11(14)15-10)9-5-3-1-2-4-6-9/h9-10H,1-8,12H2. The number of nitrogens with zero attached hydrogens (tertiary/aromatic N) is 1. The second-order valence-corrected chi connectivity index (χ2v) is 4.54. The van der Waals surface area contributed by atoms with Gasteiger partial charge >= 0.3 is 6.09 Å². The highest BCUT2D eigenvalue weighted by molar-refractivity contribution is 5.70. The Labute approximate surface area is 90.8 Å². The van der Waals surface area contributed by atoms with Gasteiger partial charge in [-0.1, -0.05) is 25.7 Å². The van der Waals surface area contributed by atoms with Crippen LogP contribution in [0.25, 0.3) is 0 Å². The smallest absolute Gasteiger partial charge is 0.410 e. The van der Waals surface area contributed by atoms with Gasteiger partial charge in [0.2, 0.25) is 0 Å². The van der Waals surface area contributed by atoms with Crippen molar-refractivity contribution in [2.45, 2.75) is 50.7 Å². The topological polar surface area (TPSA) is 55.6 Å². The number of carbonyl (C=O) groups excluding carboxylic acids is 1. The van der Waals surface area contributed by atoms with Crippen molar-refractivity contribution in [1.82, 2.24) is 4.90 Å². The molecule has 86 valence electrons. The second kappa shape index (κ2) is 4.84. The molecule has 15 heavy (non-hydrogen) atoms. The normalized spacial score (nSPS) is 29.0. The molecule has 1 aliphatic heterocycles. The Balaban J connectivity index is 1.94. The quantitative estimate of drug-likeness (QED) is 0.705. The zero-order valence-electron chi connectivity index (χ0n) is 9.15. The lowest BCUT2D eigenvalue weighted by molar-refractivity contribution is 0.128. The van der Waals surface area contributed by atoms with E-state index in [0.717, 1.165) is 12.8 Å². The third kappa shape index (κ3) is 2.43. The van der Waals surface area contributed by atoms with Gasteiger partial charge < -0.3 is 15.4 Å². The molecule has 0 spiro atoms. The monoisotopic (exact) mass is 212 g/mol. The van der Waals surface area contributed by atoms with E-state index in [4.69, 9.17) is 10.5 Å². The van der Waals surface area contributed by atoms with E-state index in [1.807, 2.05) is 4.90 Å². The number of nitrogens with two attached hydrogens (primary N) is 1. The van der Waals surface area contributed by atoms with Crippen LogP contribution in [0.4, 0.5) is 4.79 Å². The number of amides is 1. The fraction of sp³-hybridized carbons (Fsp3) is 0.909.